The van der Waals surface area contributed by atoms with E-state index in [-0.39, 0.29) is 5.41 Å². The molecule has 2 aromatic carbocycles. The van der Waals surface area contributed by atoms with Gasteiger partial charge in [-0.2, -0.15) is 0 Å². The second-order valence-electron chi connectivity index (χ2n) is 10.1. The zero-order chi connectivity index (χ0) is 20.7. The predicted molar refractivity (Wildman–Crippen MR) is 121 cm³/mol. The fourth-order valence-electron chi connectivity index (χ4n) is 7.02. The van der Waals surface area contributed by atoms with E-state index < -0.39 is 0 Å². The molecule has 3 aliphatic rings. The molecule has 0 amide bonds. The highest BCUT2D eigenvalue weighted by Crippen LogP contribution is 2.61. The van der Waals surface area contributed by atoms with Gasteiger partial charge in [0, 0.05) is 11.8 Å². The van der Waals surface area contributed by atoms with E-state index in [1.165, 1.54) is 30.4 Å². The van der Waals surface area contributed by atoms with E-state index >= 15 is 0 Å². The van der Waals surface area contributed by atoms with Gasteiger partial charge in [-0.05, 0) is 78.2 Å². The van der Waals surface area contributed by atoms with Crippen LogP contribution in [0.3, 0.4) is 0 Å². The number of ether oxygens (including phenoxy) is 1. The number of carbonyl (C=O) groups is 1. The topological polar surface area (TPSA) is 26.3 Å². The number of rotatable bonds is 5. The molecule has 0 aromatic heterocycles. The monoisotopic (exact) mass is 402 g/mol. The Morgan fingerprint density at radius 1 is 1.10 bits per heavy atom. The number of Topliss-reactive ketones (excluding diaryl/α,β-unsaturated/α-hetero) is 1. The van der Waals surface area contributed by atoms with Gasteiger partial charge in [-0.15, -0.1) is 0 Å². The fourth-order valence-corrected chi connectivity index (χ4v) is 7.02. The molecule has 0 N–H and O–H groups in total. The maximum absolute atomic E-state index is 12.7. The first-order valence-corrected chi connectivity index (χ1v) is 11.9. The summed E-state index contributed by atoms with van der Waals surface area (Å²) in [4.78, 5) is 12.7. The van der Waals surface area contributed by atoms with Crippen LogP contribution in [-0.4, -0.2) is 5.78 Å². The summed E-state index contributed by atoms with van der Waals surface area (Å²) in [5.74, 6) is 4.12. The van der Waals surface area contributed by atoms with Gasteiger partial charge in [0.25, 0.3) is 0 Å². The van der Waals surface area contributed by atoms with Crippen molar-refractivity contribution in [3.8, 4) is 5.75 Å². The Hall–Kier alpha value is -2.09. The minimum Gasteiger partial charge on any atom is -0.489 e. The SMILES string of the molecule is CCCC1Cc2cc(OCc3ccccc3)ccc2C2CC[C@]3(C)C(=O)CCC3C12. The van der Waals surface area contributed by atoms with E-state index in [9.17, 15) is 4.79 Å². The molecular weight excluding hydrogens is 368 g/mol. The Balaban J connectivity index is 1.42. The van der Waals surface area contributed by atoms with Gasteiger partial charge in [0.15, 0.2) is 0 Å². The Bertz CT molecular complexity index is 917. The lowest BCUT2D eigenvalue weighted by Crippen LogP contribution is -2.46. The summed E-state index contributed by atoms with van der Waals surface area (Å²) in [7, 11) is 0. The van der Waals surface area contributed by atoms with Crippen LogP contribution in [0.2, 0.25) is 0 Å². The van der Waals surface area contributed by atoms with Gasteiger partial charge in [-0.3, -0.25) is 4.79 Å². The van der Waals surface area contributed by atoms with Crippen LogP contribution in [0.1, 0.15) is 75.0 Å². The van der Waals surface area contributed by atoms with E-state index in [4.69, 9.17) is 4.74 Å². The summed E-state index contributed by atoms with van der Waals surface area (Å²) < 4.78 is 6.14. The normalized spacial score (nSPS) is 32.3. The average Bonchev–Trinajstić information content (AvgIpc) is 3.07. The molecule has 0 radical (unpaired) electrons. The Labute approximate surface area is 181 Å². The molecule has 0 bridgehead atoms. The summed E-state index contributed by atoms with van der Waals surface area (Å²) in [6.07, 6.45) is 7.81. The van der Waals surface area contributed by atoms with Crippen LogP contribution in [0.15, 0.2) is 48.5 Å². The lowest BCUT2D eigenvalue weighted by molar-refractivity contribution is -0.130. The first kappa shape index (κ1) is 19.8. The molecule has 30 heavy (non-hydrogen) atoms. The van der Waals surface area contributed by atoms with Crippen molar-refractivity contribution in [1.29, 1.82) is 0 Å². The van der Waals surface area contributed by atoms with Gasteiger partial charge < -0.3 is 4.74 Å². The highest BCUT2D eigenvalue weighted by molar-refractivity contribution is 5.87. The first-order valence-electron chi connectivity index (χ1n) is 11.9. The summed E-state index contributed by atoms with van der Waals surface area (Å²) in [6, 6.07) is 17.2. The van der Waals surface area contributed by atoms with Crippen LogP contribution in [-0.2, 0) is 17.8 Å². The third-order valence-corrected chi connectivity index (χ3v) is 8.49. The van der Waals surface area contributed by atoms with Crippen LogP contribution >= 0.6 is 0 Å². The van der Waals surface area contributed by atoms with Crippen LogP contribution in [0.4, 0.5) is 0 Å². The molecule has 2 aromatic rings. The zero-order valence-corrected chi connectivity index (χ0v) is 18.4. The van der Waals surface area contributed by atoms with Gasteiger partial charge in [0.05, 0.1) is 0 Å². The van der Waals surface area contributed by atoms with Gasteiger partial charge in [0.1, 0.15) is 18.1 Å². The molecule has 2 saturated carbocycles. The number of benzene rings is 2. The molecular formula is C28H34O2. The molecule has 3 aliphatic carbocycles. The number of hydrogen-bond donors (Lipinski definition) is 0. The van der Waals surface area contributed by atoms with Crippen molar-refractivity contribution in [2.24, 2.45) is 23.2 Å². The van der Waals surface area contributed by atoms with Crippen molar-refractivity contribution < 1.29 is 9.53 Å². The minimum absolute atomic E-state index is 0.0522. The molecule has 0 aliphatic heterocycles. The van der Waals surface area contributed by atoms with Crippen LogP contribution in [0.5, 0.6) is 5.75 Å². The van der Waals surface area contributed by atoms with Crippen molar-refractivity contribution in [3.63, 3.8) is 0 Å². The summed E-state index contributed by atoms with van der Waals surface area (Å²) in [6.45, 7) is 5.21. The number of hydrogen-bond acceptors (Lipinski definition) is 2. The van der Waals surface area contributed by atoms with Crippen molar-refractivity contribution in [1.82, 2.24) is 0 Å². The average molecular weight is 403 g/mol. The predicted octanol–water partition coefficient (Wildman–Crippen LogP) is 6.72. The van der Waals surface area contributed by atoms with Crippen LogP contribution in [0, 0.1) is 23.2 Å². The maximum atomic E-state index is 12.7. The Morgan fingerprint density at radius 3 is 2.73 bits per heavy atom. The maximum Gasteiger partial charge on any atom is 0.139 e. The standard InChI is InChI=1S/C28H34O2/c1-3-7-20-16-21-17-22(30-18-19-8-5-4-6-9-19)10-11-23(21)24-14-15-28(2)25(27(20)24)12-13-26(28)29/h4-6,8-11,17,20,24-25,27H,3,7,12-16,18H2,1-2H3/t20?,24?,25?,27?,28-/m0/s1. The fraction of sp³-hybridized carbons (Fsp3) is 0.536. The lowest BCUT2D eigenvalue weighted by atomic mass is 9.52. The van der Waals surface area contributed by atoms with Crippen LogP contribution in [0.25, 0.3) is 0 Å². The molecule has 0 heterocycles. The minimum atomic E-state index is -0.0522. The smallest absolute Gasteiger partial charge is 0.139 e. The third kappa shape index (κ3) is 3.29. The van der Waals surface area contributed by atoms with Gasteiger partial charge in [-0.25, -0.2) is 0 Å². The van der Waals surface area contributed by atoms with E-state index in [0.29, 0.717) is 36.1 Å². The summed E-state index contributed by atoms with van der Waals surface area (Å²) in [5.41, 5.74) is 4.19. The van der Waals surface area contributed by atoms with Gasteiger partial charge >= 0.3 is 0 Å². The summed E-state index contributed by atoms with van der Waals surface area (Å²) in [5, 5.41) is 0. The number of ketones is 1. The van der Waals surface area contributed by atoms with E-state index in [2.05, 4.69) is 56.3 Å². The van der Waals surface area contributed by atoms with E-state index in [1.54, 1.807) is 5.56 Å². The highest BCUT2D eigenvalue weighted by atomic mass is 16.5. The van der Waals surface area contributed by atoms with Crippen molar-refractivity contribution in [2.75, 3.05) is 0 Å². The number of carbonyl (C=O) groups excluding carboxylic acids is 1. The molecule has 158 valence electrons. The van der Waals surface area contributed by atoms with Crippen molar-refractivity contribution >= 4 is 5.78 Å². The molecule has 2 heteroatoms. The first-order chi connectivity index (χ1) is 14.6. The van der Waals surface area contributed by atoms with Crippen LogP contribution < -0.4 is 4.74 Å². The molecule has 0 saturated heterocycles. The molecule has 4 unspecified atom stereocenters. The Morgan fingerprint density at radius 2 is 1.93 bits per heavy atom. The molecule has 2 nitrogen and oxygen atoms in total. The Kier molecular flexibility index (Phi) is 5.21. The molecule has 5 atom stereocenters. The van der Waals surface area contributed by atoms with Gasteiger partial charge in [0.2, 0.25) is 0 Å². The molecule has 2 fully saturated rings. The second-order valence-corrected chi connectivity index (χ2v) is 10.1. The second kappa shape index (κ2) is 7.87. The molecule has 0 spiro atoms. The highest BCUT2D eigenvalue weighted by Gasteiger charge is 2.56. The quantitative estimate of drug-likeness (QED) is 0.555. The zero-order valence-electron chi connectivity index (χ0n) is 18.4. The third-order valence-electron chi connectivity index (χ3n) is 8.49. The van der Waals surface area contributed by atoms with E-state index in [0.717, 1.165) is 31.4 Å². The molecule has 5 rings (SSSR count). The van der Waals surface area contributed by atoms with E-state index in [1.807, 2.05) is 6.07 Å². The lowest BCUT2D eigenvalue weighted by Gasteiger charge is -2.51. The largest absolute Gasteiger partial charge is 0.489 e. The van der Waals surface area contributed by atoms with Crippen molar-refractivity contribution in [3.05, 3.63) is 65.2 Å². The van der Waals surface area contributed by atoms with Gasteiger partial charge in [-0.1, -0.05) is 63.1 Å². The van der Waals surface area contributed by atoms with Crippen molar-refractivity contribution in [2.45, 2.75) is 71.3 Å². The summed E-state index contributed by atoms with van der Waals surface area (Å²) >= 11 is 0. The number of fused-ring (bicyclic) bond motifs is 5.